The number of ether oxygens (including phenoxy) is 1. The minimum atomic E-state index is -0.969. The Morgan fingerprint density at radius 2 is 1.20 bits per heavy atom. The van der Waals surface area contributed by atoms with Crippen LogP contribution in [-0.4, -0.2) is 49.0 Å². The van der Waals surface area contributed by atoms with Crippen molar-refractivity contribution < 1.29 is 28.8 Å². The molecule has 3 aliphatic carbocycles. The molecule has 0 aromatic heterocycles. The molecule has 0 unspecified atom stereocenters. The number of alkyl carbamates (subject to hydrolysis) is 1. The normalized spacial score (nSPS) is 20.9. The Balaban J connectivity index is 1.57. The van der Waals surface area contributed by atoms with E-state index in [1.807, 2.05) is 13.8 Å². The zero-order chi connectivity index (χ0) is 28.7. The Morgan fingerprint density at radius 3 is 1.75 bits per heavy atom. The quantitative estimate of drug-likeness (QED) is 0.193. The van der Waals surface area contributed by atoms with E-state index in [2.05, 4.69) is 16.1 Å². The minimum Gasteiger partial charge on any atom is -0.449 e. The van der Waals surface area contributed by atoms with Crippen LogP contribution in [0.3, 0.4) is 0 Å². The summed E-state index contributed by atoms with van der Waals surface area (Å²) in [4.78, 5) is 57.5. The molecular weight excluding hydrogens is 510 g/mol. The fraction of sp³-hybridized carbons (Fsp3) is 0.871. The highest BCUT2D eigenvalue weighted by Crippen LogP contribution is 2.28. The molecule has 9 nitrogen and oxygen atoms in total. The number of hydrogen-bond donors (Lipinski definition) is 3. The monoisotopic (exact) mass is 563 g/mol. The van der Waals surface area contributed by atoms with Crippen LogP contribution >= 0.6 is 0 Å². The van der Waals surface area contributed by atoms with Gasteiger partial charge in [0.2, 0.25) is 11.7 Å². The summed E-state index contributed by atoms with van der Waals surface area (Å²) in [7, 11) is 0. The van der Waals surface area contributed by atoms with Crippen molar-refractivity contribution in [2.75, 3.05) is 13.2 Å². The highest BCUT2D eigenvalue weighted by atomic mass is 16.7. The van der Waals surface area contributed by atoms with Gasteiger partial charge in [0.05, 0.1) is 19.3 Å². The van der Waals surface area contributed by atoms with E-state index in [1.54, 1.807) is 0 Å². The van der Waals surface area contributed by atoms with E-state index >= 15 is 0 Å². The highest BCUT2D eigenvalue weighted by molar-refractivity contribution is 6.38. The van der Waals surface area contributed by atoms with E-state index < -0.39 is 35.8 Å². The minimum absolute atomic E-state index is 0.123. The number of ketones is 1. The van der Waals surface area contributed by atoms with E-state index in [0.717, 1.165) is 77.0 Å². The fourth-order valence-corrected chi connectivity index (χ4v) is 6.48. The van der Waals surface area contributed by atoms with Crippen molar-refractivity contribution in [3.8, 4) is 0 Å². The van der Waals surface area contributed by atoms with Gasteiger partial charge in [0, 0.05) is 0 Å². The third-order valence-corrected chi connectivity index (χ3v) is 8.85. The van der Waals surface area contributed by atoms with E-state index in [-0.39, 0.29) is 11.8 Å². The molecule has 3 amide bonds. The average Bonchev–Trinajstić information content (AvgIpc) is 2.96. The van der Waals surface area contributed by atoms with Gasteiger partial charge in [-0.15, -0.1) is 0 Å². The van der Waals surface area contributed by atoms with Crippen molar-refractivity contribution in [1.82, 2.24) is 16.1 Å². The van der Waals surface area contributed by atoms with Crippen molar-refractivity contribution in [2.45, 2.75) is 135 Å². The van der Waals surface area contributed by atoms with E-state index in [1.165, 1.54) is 19.3 Å². The lowest BCUT2D eigenvalue weighted by atomic mass is 9.84. The summed E-state index contributed by atoms with van der Waals surface area (Å²) in [6.07, 6.45) is 16.8. The smallest absolute Gasteiger partial charge is 0.407 e. The summed E-state index contributed by atoms with van der Waals surface area (Å²) >= 11 is 0. The molecule has 3 N–H and O–H groups in total. The number of hydrogen-bond acceptors (Lipinski definition) is 6. The molecule has 228 valence electrons. The molecule has 9 heteroatoms. The van der Waals surface area contributed by atoms with E-state index in [0.29, 0.717) is 37.9 Å². The van der Waals surface area contributed by atoms with Gasteiger partial charge in [-0.05, 0) is 62.2 Å². The molecule has 0 radical (unpaired) electrons. The molecule has 0 bridgehead atoms. The zero-order valence-corrected chi connectivity index (χ0v) is 24.8. The molecule has 0 saturated heterocycles. The first kappa shape index (κ1) is 32.4. The van der Waals surface area contributed by atoms with E-state index in [9.17, 15) is 19.2 Å². The SMILES string of the molecule is CC(C)C[C@H](NC(=O)OCC1CCCCC1)C(=O)N[C@@H](CC1CCCCC1)C(=O)C(=O)NOCC1CCCCC1. The van der Waals surface area contributed by atoms with Crippen LogP contribution < -0.4 is 16.1 Å². The largest absolute Gasteiger partial charge is 0.449 e. The van der Waals surface area contributed by atoms with Gasteiger partial charge < -0.3 is 15.4 Å². The second kappa shape index (κ2) is 17.6. The predicted octanol–water partition coefficient (Wildman–Crippen LogP) is 5.36. The van der Waals surface area contributed by atoms with Crippen molar-refractivity contribution in [3.05, 3.63) is 0 Å². The fourth-order valence-electron chi connectivity index (χ4n) is 6.48. The highest BCUT2D eigenvalue weighted by Gasteiger charge is 2.33. The first-order valence-corrected chi connectivity index (χ1v) is 16.0. The number of nitrogens with one attached hydrogen (secondary N) is 3. The molecule has 3 aliphatic rings. The number of hydroxylamine groups is 1. The standard InChI is InChI=1S/C31H53N3O6/c1-22(2)18-27(33-31(38)39-20-24-14-8-4-9-15-24)29(36)32-26(19-23-12-6-3-7-13-23)28(35)30(37)34-40-21-25-16-10-5-11-17-25/h22-27H,3-21H2,1-2H3,(H,32,36)(H,33,38)(H,34,37)/t26-,27-/m0/s1. The Morgan fingerprint density at radius 1 is 0.675 bits per heavy atom. The molecule has 3 rings (SSSR count). The van der Waals surface area contributed by atoms with Gasteiger partial charge in [-0.2, -0.15) is 0 Å². The summed E-state index contributed by atoms with van der Waals surface area (Å²) < 4.78 is 5.47. The number of Topliss-reactive ketones (excluding diaryl/α,β-unsaturated/α-hetero) is 1. The summed E-state index contributed by atoms with van der Waals surface area (Å²) in [6.45, 7) is 4.68. The van der Waals surface area contributed by atoms with Crippen LogP contribution in [0.25, 0.3) is 0 Å². The van der Waals surface area contributed by atoms with Crippen LogP contribution in [0, 0.1) is 23.7 Å². The number of amides is 3. The lowest BCUT2D eigenvalue weighted by Gasteiger charge is -2.28. The predicted molar refractivity (Wildman–Crippen MR) is 153 cm³/mol. The maximum atomic E-state index is 13.4. The molecule has 0 aliphatic heterocycles. The second-order valence-corrected chi connectivity index (χ2v) is 12.8. The average molecular weight is 564 g/mol. The van der Waals surface area contributed by atoms with Crippen LogP contribution in [-0.2, 0) is 24.0 Å². The van der Waals surface area contributed by atoms with Gasteiger partial charge in [0.25, 0.3) is 0 Å². The lowest BCUT2D eigenvalue weighted by Crippen LogP contribution is -2.54. The third kappa shape index (κ3) is 11.8. The van der Waals surface area contributed by atoms with Gasteiger partial charge in [0.1, 0.15) is 6.04 Å². The molecule has 0 aromatic rings. The van der Waals surface area contributed by atoms with Gasteiger partial charge >= 0.3 is 12.0 Å². The molecule has 2 atom stereocenters. The first-order valence-electron chi connectivity index (χ1n) is 16.0. The Kier molecular flexibility index (Phi) is 14.2. The van der Waals surface area contributed by atoms with Gasteiger partial charge in [-0.1, -0.05) is 84.5 Å². The molecule has 0 spiro atoms. The van der Waals surface area contributed by atoms with Crippen molar-refractivity contribution in [1.29, 1.82) is 0 Å². The maximum absolute atomic E-state index is 13.4. The number of rotatable bonds is 14. The molecule has 0 heterocycles. The Bertz CT molecular complexity index is 801. The van der Waals surface area contributed by atoms with Crippen LogP contribution in [0.2, 0.25) is 0 Å². The lowest BCUT2D eigenvalue weighted by molar-refractivity contribution is -0.148. The topological polar surface area (TPSA) is 123 Å². The summed E-state index contributed by atoms with van der Waals surface area (Å²) in [5.41, 5.74) is 2.33. The third-order valence-electron chi connectivity index (χ3n) is 8.85. The maximum Gasteiger partial charge on any atom is 0.407 e. The Labute approximate surface area is 240 Å². The number of carbonyl (C=O) groups is 4. The zero-order valence-electron chi connectivity index (χ0n) is 24.8. The summed E-state index contributed by atoms with van der Waals surface area (Å²) in [6, 6.07) is -1.82. The molecule has 3 saturated carbocycles. The molecular formula is C31H53N3O6. The summed E-state index contributed by atoms with van der Waals surface area (Å²) in [5.74, 6) is -0.860. The molecule has 40 heavy (non-hydrogen) atoms. The number of carbonyl (C=O) groups excluding carboxylic acids is 4. The van der Waals surface area contributed by atoms with Gasteiger partial charge in [0.15, 0.2) is 0 Å². The van der Waals surface area contributed by atoms with Crippen molar-refractivity contribution >= 4 is 23.7 Å². The summed E-state index contributed by atoms with van der Waals surface area (Å²) in [5, 5.41) is 5.55. The van der Waals surface area contributed by atoms with Crippen LogP contribution in [0.4, 0.5) is 4.79 Å². The Hall–Kier alpha value is -2.16. The molecule has 3 fully saturated rings. The van der Waals surface area contributed by atoms with Crippen LogP contribution in [0.15, 0.2) is 0 Å². The van der Waals surface area contributed by atoms with E-state index in [4.69, 9.17) is 9.57 Å². The molecule has 0 aromatic carbocycles. The van der Waals surface area contributed by atoms with Gasteiger partial charge in [-0.3, -0.25) is 19.2 Å². The van der Waals surface area contributed by atoms with Crippen LogP contribution in [0.5, 0.6) is 0 Å². The van der Waals surface area contributed by atoms with Crippen LogP contribution in [0.1, 0.15) is 123 Å². The van der Waals surface area contributed by atoms with Crippen molar-refractivity contribution in [3.63, 3.8) is 0 Å². The van der Waals surface area contributed by atoms with Gasteiger partial charge in [-0.25, -0.2) is 10.3 Å². The second-order valence-electron chi connectivity index (χ2n) is 12.8. The van der Waals surface area contributed by atoms with Crippen molar-refractivity contribution in [2.24, 2.45) is 23.7 Å². The first-order chi connectivity index (χ1) is 19.3.